The molecule has 2 aromatic rings. The van der Waals surface area contributed by atoms with Crippen LogP contribution in [0.25, 0.3) is 11.3 Å². The minimum atomic E-state index is -0.493. The van der Waals surface area contributed by atoms with Gasteiger partial charge in [-0.25, -0.2) is 4.99 Å². The number of aromatic nitrogens is 2. The minimum Gasteiger partial charge on any atom is -0.369 e. The SMILES string of the molecule is CN(C)/C=N\c1[nH]nc(-c2cccc([N+](=O)[O-])c2)c1C#N. The predicted octanol–water partition coefficient (Wildman–Crippen LogP) is 2.08. The average molecular weight is 284 g/mol. The van der Waals surface area contributed by atoms with Gasteiger partial charge in [0.15, 0.2) is 5.82 Å². The highest BCUT2D eigenvalue weighted by Crippen LogP contribution is 2.29. The van der Waals surface area contributed by atoms with Gasteiger partial charge in [-0.1, -0.05) is 12.1 Å². The van der Waals surface area contributed by atoms with Crippen molar-refractivity contribution in [2.45, 2.75) is 0 Å². The molecular weight excluding hydrogens is 272 g/mol. The lowest BCUT2D eigenvalue weighted by Crippen LogP contribution is -2.07. The number of rotatable bonds is 4. The van der Waals surface area contributed by atoms with E-state index in [4.69, 9.17) is 0 Å². The maximum absolute atomic E-state index is 10.8. The van der Waals surface area contributed by atoms with E-state index in [2.05, 4.69) is 15.2 Å². The van der Waals surface area contributed by atoms with Gasteiger partial charge in [0.2, 0.25) is 0 Å². The highest BCUT2D eigenvalue weighted by Gasteiger charge is 2.16. The van der Waals surface area contributed by atoms with Gasteiger partial charge in [-0.05, 0) is 0 Å². The van der Waals surface area contributed by atoms with Crippen LogP contribution in [0.1, 0.15) is 5.56 Å². The first-order valence-electron chi connectivity index (χ1n) is 5.97. The van der Waals surface area contributed by atoms with Crippen molar-refractivity contribution < 1.29 is 4.92 Å². The van der Waals surface area contributed by atoms with E-state index in [1.807, 2.05) is 6.07 Å². The summed E-state index contributed by atoms with van der Waals surface area (Å²) in [7, 11) is 3.60. The van der Waals surface area contributed by atoms with Gasteiger partial charge >= 0.3 is 0 Å². The molecule has 0 bridgehead atoms. The van der Waals surface area contributed by atoms with Gasteiger partial charge in [-0.15, -0.1) is 0 Å². The van der Waals surface area contributed by atoms with E-state index in [0.29, 0.717) is 17.1 Å². The predicted molar refractivity (Wildman–Crippen MR) is 77.2 cm³/mol. The second kappa shape index (κ2) is 5.83. The molecule has 0 fully saturated rings. The lowest BCUT2D eigenvalue weighted by Gasteiger charge is -2.01. The lowest BCUT2D eigenvalue weighted by molar-refractivity contribution is -0.384. The van der Waals surface area contributed by atoms with Gasteiger partial charge in [-0.3, -0.25) is 15.2 Å². The van der Waals surface area contributed by atoms with Crippen LogP contribution in [0.15, 0.2) is 29.3 Å². The molecule has 21 heavy (non-hydrogen) atoms. The topological polar surface area (TPSA) is 111 Å². The normalized spacial score (nSPS) is 10.5. The third kappa shape index (κ3) is 3.03. The van der Waals surface area contributed by atoms with Crippen molar-refractivity contribution in [1.29, 1.82) is 5.26 Å². The summed E-state index contributed by atoms with van der Waals surface area (Å²) in [5, 5.41) is 26.8. The Morgan fingerprint density at radius 2 is 2.29 bits per heavy atom. The van der Waals surface area contributed by atoms with E-state index in [9.17, 15) is 15.4 Å². The van der Waals surface area contributed by atoms with Gasteiger partial charge in [0.25, 0.3) is 5.69 Å². The summed E-state index contributed by atoms with van der Waals surface area (Å²) in [6.45, 7) is 0. The fraction of sp³-hybridized carbons (Fsp3) is 0.154. The van der Waals surface area contributed by atoms with Crippen LogP contribution < -0.4 is 0 Å². The summed E-state index contributed by atoms with van der Waals surface area (Å²) in [6.07, 6.45) is 1.53. The van der Waals surface area contributed by atoms with E-state index in [1.165, 1.54) is 18.5 Å². The Morgan fingerprint density at radius 3 is 2.90 bits per heavy atom. The number of non-ortho nitro benzene ring substituents is 1. The van der Waals surface area contributed by atoms with Gasteiger partial charge in [0.05, 0.1) is 11.3 Å². The van der Waals surface area contributed by atoms with Crippen LogP contribution in [0.2, 0.25) is 0 Å². The van der Waals surface area contributed by atoms with Crippen molar-refractivity contribution in [2.75, 3.05) is 14.1 Å². The van der Waals surface area contributed by atoms with E-state index >= 15 is 0 Å². The van der Waals surface area contributed by atoms with Crippen LogP contribution in [0.3, 0.4) is 0 Å². The van der Waals surface area contributed by atoms with Gasteiger partial charge < -0.3 is 4.90 Å². The summed E-state index contributed by atoms with van der Waals surface area (Å²) >= 11 is 0. The molecule has 1 aromatic heterocycles. The number of aromatic amines is 1. The first-order chi connectivity index (χ1) is 10.0. The Labute approximate surface area is 120 Å². The van der Waals surface area contributed by atoms with Crippen molar-refractivity contribution in [3.63, 3.8) is 0 Å². The molecule has 0 aliphatic carbocycles. The summed E-state index contributed by atoms with van der Waals surface area (Å²) < 4.78 is 0. The zero-order chi connectivity index (χ0) is 15.4. The van der Waals surface area contributed by atoms with Gasteiger partial charge in [-0.2, -0.15) is 10.4 Å². The largest absolute Gasteiger partial charge is 0.369 e. The number of H-pyrrole nitrogens is 1. The number of nitrogens with zero attached hydrogens (tertiary/aromatic N) is 5. The monoisotopic (exact) mass is 284 g/mol. The zero-order valence-corrected chi connectivity index (χ0v) is 11.4. The lowest BCUT2D eigenvalue weighted by atomic mass is 10.1. The number of nitro benzene ring substituents is 1. The number of aliphatic imine (C=N–C) groups is 1. The van der Waals surface area contributed by atoms with Crippen LogP contribution in [-0.2, 0) is 0 Å². The summed E-state index contributed by atoms with van der Waals surface area (Å²) in [4.78, 5) is 16.1. The molecule has 1 heterocycles. The molecule has 2 rings (SSSR count). The molecule has 0 aliphatic heterocycles. The standard InChI is InChI=1S/C13H12N6O2/c1-18(2)8-15-13-11(7-14)12(16-17-13)9-4-3-5-10(6-9)19(20)21/h3-6,8H,1-2H3,(H,16,17)/b15-8-. The number of nitriles is 1. The van der Waals surface area contributed by atoms with Crippen LogP contribution in [-0.4, -0.2) is 40.5 Å². The maximum atomic E-state index is 10.8. The van der Waals surface area contributed by atoms with E-state index in [0.717, 1.165) is 0 Å². The first kappa shape index (κ1) is 14.2. The van der Waals surface area contributed by atoms with Gasteiger partial charge in [0, 0.05) is 31.8 Å². The second-order valence-electron chi connectivity index (χ2n) is 4.42. The number of hydrogen-bond donors (Lipinski definition) is 1. The van der Waals surface area contributed by atoms with E-state index in [-0.39, 0.29) is 11.3 Å². The molecule has 0 aliphatic rings. The fourth-order valence-electron chi connectivity index (χ4n) is 1.68. The van der Waals surface area contributed by atoms with Crippen LogP contribution in [0.5, 0.6) is 0 Å². The highest BCUT2D eigenvalue weighted by molar-refractivity contribution is 5.75. The van der Waals surface area contributed by atoms with Crippen LogP contribution >= 0.6 is 0 Å². The molecule has 1 aromatic carbocycles. The molecule has 0 amide bonds. The Hall–Kier alpha value is -3.21. The fourth-order valence-corrected chi connectivity index (χ4v) is 1.68. The van der Waals surface area contributed by atoms with Crippen molar-refractivity contribution in [2.24, 2.45) is 4.99 Å². The van der Waals surface area contributed by atoms with Crippen molar-refractivity contribution in [3.05, 3.63) is 39.9 Å². The quantitative estimate of drug-likeness (QED) is 0.400. The van der Waals surface area contributed by atoms with Crippen molar-refractivity contribution in [3.8, 4) is 17.3 Å². The third-order valence-corrected chi connectivity index (χ3v) is 2.61. The molecule has 0 unspecified atom stereocenters. The molecule has 0 atom stereocenters. The number of nitro groups is 1. The Bertz CT molecular complexity index is 741. The minimum absolute atomic E-state index is 0.0577. The zero-order valence-electron chi connectivity index (χ0n) is 11.4. The molecule has 0 spiro atoms. The second-order valence-corrected chi connectivity index (χ2v) is 4.42. The Morgan fingerprint density at radius 1 is 1.52 bits per heavy atom. The molecule has 1 N–H and O–H groups in total. The number of nitrogens with one attached hydrogen (secondary N) is 1. The van der Waals surface area contributed by atoms with E-state index in [1.54, 1.807) is 31.1 Å². The molecule has 0 saturated carbocycles. The van der Waals surface area contributed by atoms with Crippen molar-refractivity contribution >= 4 is 17.8 Å². The van der Waals surface area contributed by atoms with Crippen molar-refractivity contribution in [1.82, 2.24) is 15.1 Å². The highest BCUT2D eigenvalue weighted by atomic mass is 16.6. The molecule has 106 valence electrons. The first-order valence-corrected chi connectivity index (χ1v) is 5.97. The Kier molecular flexibility index (Phi) is 3.95. The molecule has 0 radical (unpaired) electrons. The molecular formula is C13H12N6O2. The number of hydrogen-bond acceptors (Lipinski definition) is 5. The summed E-state index contributed by atoms with van der Waals surface area (Å²) in [6, 6.07) is 7.98. The molecule has 8 heteroatoms. The van der Waals surface area contributed by atoms with Crippen LogP contribution in [0, 0.1) is 21.4 Å². The van der Waals surface area contributed by atoms with E-state index < -0.39 is 4.92 Å². The maximum Gasteiger partial charge on any atom is 0.270 e. The number of benzene rings is 1. The van der Waals surface area contributed by atoms with Crippen LogP contribution in [0.4, 0.5) is 11.5 Å². The average Bonchev–Trinajstić information content (AvgIpc) is 2.88. The third-order valence-electron chi connectivity index (χ3n) is 2.61. The Balaban J connectivity index is 2.48. The summed E-state index contributed by atoms with van der Waals surface area (Å²) in [5.74, 6) is 0.313. The van der Waals surface area contributed by atoms with Gasteiger partial charge in [0.1, 0.15) is 17.3 Å². The molecule has 8 nitrogen and oxygen atoms in total. The smallest absolute Gasteiger partial charge is 0.270 e. The summed E-state index contributed by atoms with van der Waals surface area (Å²) in [5.41, 5.74) is 1.02. The molecule has 0 saturated heterocycles.